The van der Waals surface area contributed by atoms with E-state index in [4.69, 9.17) is 16.1 Å². The van der Waals surface area contributed by atoms with Gasteiger partial charge >= 0.3 is 7.12 Å². The molecule has 0 aliphatic rings. The SMILES string of the molecule is O=c1[nH]c2ccc(Cl)cc2cc1-c1nc(-c2cccc(B(O)O)c2)no1. The summed E-state index contributed by atoms with van der Waals surface area (Å²) in [6.07, 6.45) is 0. The van der Waals surface area contributed by atoms with Crippen LogP contribution >= 0.6 is 11.6 Å². The number of hydrogen-bond donors (Lipinski definition) is 3. The summed E-state index contributed by atoms with van der Waals surface area (Å²) in [7, 11) is -1.60. The number of rotatable bonds is 3. The average Bonchev–Trinajstić information content (AvgIpc) is 3.11. The van der Waals surface area contributed by atoms with Crippen LogP contribution in [0.5, 0.6) is 0 Å². The zero-order valence-corrected chi connectivity index (χ0v) is 13.9. The van der Waals surface area contributed by atoms with Gasteiger partial charge in [-0.15, -0.1) is 0 Å². The van der Waals surface area contributed by atoms with Crippen molar-refractivity contribution in [2.75, 3.05) is 0 Å². The third-order valence-corrected chi connectivity index (χ3v) is 4.14. The lowest BCUT2D eigenvalue weighted by Gasteiger charge is -2.01. The fourth-order valence-electron chi connectivity index (χ4n) is 2.62. The highest BCUT2D eigenvalue weighted by Gasteiger charge is 2.17. The monoisotopic (exact) mass is 367 g/mol. The number of nitrogens with zero attached hydrogens (tertiary/aromatic N) is 2. The van der Waals surface area contributed by atoms with Gasteiger partial charge in [0.25, 0.3) is 11.4 Å². The average molecular weight is 368 g/mol. The predicted octanol–water partition coefficient (Wildman–Crippen LogP) is 1.58. The minimum Gasteiger partial charge on any atom is -0.423 e. The fourth-order valence-corrected chi connectivity index (χ4v) is 2.81. The lowest BCUT2D eigenvalue weighted by atomic mass is 9.79. The van der Waals surface area contributed by atoms with E-state index < -0.39 is 7.12 Å². The Balaban J connectivity index is 1.79. The van der Waals surface area contributed by atoms with Crippen LogP contribution in [0, 0.1) is 0 Å². The molecule has 3 N–H and O–H groups in total. The van der Waals surface area contributed by atoms with E-state index in [1.165, 1.54) is 6.07 Å². The highest BCUT2D eigenvalue weighted by atomic mass is 35.5. The minimum absolute atomic E-state index is 0.0538. The van der Waals surface area contributed by atoms with Gasteiger partial charge in [0.2, 0.25) is 5.82 Å². The number of benzene rings is 2. The number of halogens is 1. The first-order chi connectivity index (χ1) is 12.5. The Hall–Kier alpha value is -2.94. The first-order valence-corrected chi connectivity index (χ1v) is 8.02. The lowest BCUT2D eigenvalue weighted by molar-refractivity contribution is 0.425. The van der Waals surface area contributed by atoms with Crippen molar-refractivity contribution in [2.45, 2.75) is 0 Å². The second-order valence-electron chi connectivity index (χ2n) is 5.67. The van der Waals surface area contributed by atoms with Gasteiger partial charge < -0.3 is 19.6 Å². The van der Waals surface area contributed by atoms with Crippen molar-refractivity contribution in [1.82, 2.24) is 15.1 Å². The van der Waals surface area contributed by atoms with Gasteiger partial charge in [0.15, 0.2) is 0 Å². The van der Waals surface area contributed by atoms with Crippen molar-refractivity contribution in [3.05, 3.63) is 63.9 Å². The second-order valence-corrected chi connectivity index (χ2v) is 6.10. The number of aromatic amines is 1. The molecule has 26 heavy (non-hydrogen) atoms. The smallest absolute Gasteiger partial charge is 0.423 e. The van der Waals surface area contributed by atoms with Gasteiger partial charge in [0, 0.05) is 21.5 Å². The van der Waals surface area contributed by atoms with Crippen molar-refractivity contribution in [3.8, 4) is 22.8 Å². The molecule has 0 aliphatic heterocycles. The van der Waals surface area contributed by atoms with Gasteiger partial charge in [-0.25, -0.2) is 0 Å². The molecule has 0 fully saturated rings. The molecule has 0 spiro atoms. The molecule has 2 heterocycles. The fraction of sp³-hybridized carbons (Fsp3) is 0. The van der Waals surface area contributed by atoms with E-state index in [2.05, 4.69) is 15.1 Å². The molecule has 0 aliphatic carbocycles. The largest absolute Gasteiger partial charge is 0.488 e. The Morgan fingerprint density at radius 2 is 1.96 bits per heavy atom. The highest BCUT2D eigenvalue weighted by molar-refractivity contribution is 6.58. The zero-order valence-electron chi connectivity index (χ0n) is 13.2. The molecule has 0 saturated carbocycles. The molecule has 0 unspecified atom stereocenters. The third-order valence-electron chi connectivity index (χ3n) is 3.91. The molecule has 2 aromatic carbocycles. The summed E-state index contributed by atoms with van der Waals surface area (Å²) in [4.78, 5) is 19.3. The van der Waals surface area contributed by atoms with Crippen molar-refractivity contribution in [3.63, 3.8) is 0 Å². The summed E-state index contributed by atoms with van der Waals surface area (Å²) in [6, 6.07) is 13.2. The van der Waals surface area contributed by atoms with Crippen LogP contribution in [0.2, 0.25) is 5.02 Å². The quantitative estimate of drug-likeness (QED) is 0.474. The Kier molecular flexibility index (Phi) is 4.08. The molecule has 0 saturated heterocycles. The van der Waals surface area contributed by atoms with Gasteiger partial charge in [0.05, 0.1) is 0 Å². The molecular formula is C17H11BClN3O4. The molecule has 128 valence electrons. The topological polar surface area (TPSA) is 112 Å². The van der Waals surface area contributed by atoms with Crippen molar-refractivity contribution < 1.29 is 14.6 Å². The number of H-pyrrole nitrogens is 1. The zero-order chi connectivity index (χ0) is 18.3. The minimum atomic E-state index is -1.60. The van der Waals surface area contributed by atoms with E-state index in [0.29, 0.717) is 21.6 Å². The summed E-state index contributed by atoms with van der Waals surface area (Å²) in [5, 5.41) is 23.7. The van der Waals surface area contributed by atoms with Gasteiger partial charge in [-0.3, -0.25) is 4.79 Å². The summed E-state index contributed by atoms with van der Waals surface area (Å²) in [5.74, 6) is 0.283. The van der Waals surface area contributed by atoms with E-state index in [-0.39, 0.29) is 22.8 Å². The molecule has 7 nitrogen and oxygen atoms in total. The standard InChI is InChI=1S/C17H11BClN3O4/c19-12-4-5-14-10(7-12)8-13(16(23)20-14)17-21-15(22-26-17)9-2-1-3-11(6-9)18(24)25/h1-8,24-25H,(H,20,23). The van der Waals surface area contributed by atoms with E-state index >= 15 is 0 Å². The maximum atomic E-state index is 12.3. The molecular weight excluding hydrogens is 356 g/mol. The molecule has 4 aromatic rings. The first-order valence-electron chi connectivity index (χ1n) is 7.64. The number of nitrogens with one attached hydrogen (secondary N) is 1. The normalized spacial score (nSPS) is 11.0. The highest BCUT2D eigenvalue weighted by Crippen LogP contribution is 2.23. The Morgan fingerprint density at radius 1 is 1.12 bits per heavy atom. The van der Waals surface area contributed by atoms with Gasteiger partial charge in [-0.2, -0.15) is 4.98 Å². The van der Waals surface area contributed by atoms with E-state index in [9.17, 15) is 14.8 Å². The molecule has 2 aromatic heterocycles. The van der Waals surface area contributed by atoms with Crippen LogP contribution in [-0.2, 0) is 0 Å². The molecule has 0 amide bonds. The van der Waals surface area contributed by atoms with Crippen molar-refractivity contribution in [2.24, 2.45) is 0 Å². The van der Waals surface area contributed by atoms with E-state index in [1.54, 1.807) is 42.5 Å². The maximum Gasteiger partial charge on any atom is 0.488 e. The Labute approximate surface area is 152 Å². The van der Waals surface area contributed by atoms with E-state index in [0.717, 1.165) is 5.39 Å². The number of aromatic nitrogens is 3. The van der Waals surface area contributed by atoms with Crippen LogP contribution in [0.1, 0.15) is 0 Å². The predicted molar refractivity (Wildman–Crippen MR) is 98.1 cm³/mol. The molecule has 0 atom stereocenters. The molecule has 4 rings (SSSR count). The lowest BCUT2D eigenvalue weighted by Crippen LogP contribution is -2.29. The van der Waals surface area contributed by atoms with Gasteiger partial charge in [-0.05, 0) is 29.7 Å². The third kappa shape index (κ3) is 3.01. The van der Waals surface area contributed by atoms with Crippen molar-refractivity contribution >= 4 is 35.1 Å². The molecule has 0 radical (unpaired) electrons. The summed E-state index contributed by atoms with van der Waals surface area (Å²) < 4.78 is 5.23. The van der Waals surface area contributed by atoms with Gasteiger partial charge in [0.1, 0.15) is 5.56 Å². The Morgan fingerprint density at radius 3 is 2.77 bits per heavy atom. The number of pyridine rings is 1. The van der Waals surface area contributed by atoms with Gasteiger partial charge in [-0.1, -0.05) is 41.0 Å². The number of hydrogen-bond acceptors (Lipinski definition) is 6. The van der Waals surface area contributed by atoms with Crippen LogP contribution in [-0.4, -0.2) is 32.3 Å². The van der Waals surface area contributed by atoms with Crippen LogP contribution in [0.4, 0.5) is 0 Å². The van der Waals surface area contributed by atoms with Crippen LogP contribution in [0.25, 0.3) is 33.7 Å². The molecule has 0 bridgehead atoms. The summed E-state index contributed by atoms with van der Waals surface area (Å²) >= 11 is 6.00. The Bertz CT molecular complexity index is 1170. The van der Waals surface area contributed by atoms with Crippen LogP contribution < -0.4 is 11.0 Å². The summed E-state index contributed by atoms with van der Waals surface area (Å²) in [6.45, 7) is 0. The summed E-state index contributed by atoms with van der Waals surface area (Å²) in [5.41, 5.74) is 1.33. The maximum absolute atomic E-state index is 12.3. The molecule has 9 heteroatoms. The van der Waals surface area contributed by atoms with Crippen molar-refractivity contribution in [1.29, 1.82) is 0 Å². The van der Waals surface area contributed by atoms with Crippen LogP contribution in [0.3, 0.4) is 0 Å². The van der Waals surface area contributed by atoms with Crippen LogP contribution in [0.15, 0.2) is 57.8 Å². The second kappa shape index (κ2) is 6.42. The number of fused-ring (bicyclic) bond motifs is 1. The first kappa shape index (κ1) is 16.5. The van der Waals surface area contributed by atoms with E-state index in [1.807, 2.05) is 0 Å².